The van der Waals surface area contributed by atoms with Gasteiger partial charge in [-0.05, 0) is 72.5 Å². The quantitative estimate of drug-likeness (QED) is 0.297. The zero-order valence-electron chi connectivity index (χ0n) is 21.3. The van der Waals surface area contributed by atoms with Crippen molar-refractivity contribution in [2.45, 2.75) is 26.1 Å². The van der Waals surface area contributed by atoms with Gasteiger partial charge >= 0.3 is 12.1 Å². The normalized spacial score (nSPS) is 11.6. The fourth-order valence-corrected chi connectivity index (χ4v) is 3.59. The summed E-state index contributed by atoms with van der Waals surface area (Å²) < 4.78 is 53.4. The summed E-state index contributed by atoms with van der Waals surface area (Å²) in [5.41, 5.74) is 3.66. The highest BCUT2D eigenvalue weighted by molar-refractivity contribution is 5.91. The largest absolute Gasteiger partial charge is 0.496 e. The molecular formula is C28H30F3NO5. The third kappa shape index (κ3) is 8.08. The van der Waals surface area contributed by atoms with Crippen molar-refractivity contribution >= 4 is 12.4 Å². The number of carbonyl (C=O) groups excluding carboxylic acids is 2. The van der Waals surface area contributed by atoms with Gasteiger partial charge in [-0.1, -0.05) is 24.3 Å². The van der Waals surface area contributed by atoms with E-state index in [0.717, 1.165) is 28.8 Å². The lowest BCUT2D eigenvalue weighted by Gasteiger charge is -2.14. The Bertz CT molecular complexity index is 1190. The Balaban J connectivity index is 0.000000521. The summed E-state index contributed by atoms with van der Waals surface area (Å²) in [7, 11) is 4.44. The molecule has 1 atom stereocenters. The van der Waals surface area contributed by atoms with Crippen LogP contribution in [0.2, 0.25) is 0 Å². The first-order chi connectivity index (χ1) is 17.5. The van der Waals surface area contributed by atoms with Gasteiger partial charge in [-0.25, -0.2) is 4.79 Å². The molecule has 0 heterocycles. The number of aryl methyl sites for hydroxylation is 1. The summed E-state index contributed by atoms with van der Waals surface area (Å²) in [5.74, 6) is 0.136. The number of alkyl halides is 3. The second-order valence-corrected chi connectivity index (χ2v) is 8.15. The first-order valence-corrected chi connectivity index (χ1v) is 11.3. The van der Waals surface area contributed by atoms with Crippen LogP contribution < -0.4 is 10.1 Å². The molecule has 0 aliphatic carbocycles. The van der Waals surface area contributed by atoms with Crippen LogP contribution >= 0.6 is 0 Å². The summed E-state index contributed by atoms with van der Waals surface area (Å²) in [6.07, 6.45) is -3.72. The molecule has 3 aromatic rings. The minimum atomic E-state index is -4.39. The molecule has 1 amide bonds. The van der Waals surface area contributed by atoms with Crippen molar-refractivity contribution < 1.29 is 37.0 Å². The third-order valence-corrected chi connectivity index (χ3v) is 5.45. The van der Waals surface area contributed by atoms with Crippen LogP contribution in [0.3, 0.4) is 0 Å². The van der Waals surface area contributed by atoms with E-state index in [0.29, 0.717) is 35.5 Å². The number of nitrogens with one attached hydrogen (secondary N) is 1. The van der Waals surface area contributed by atoms with Crippen molar-refractivity contribution in [1.29, 1.82) is 0 Å². The molecule has 0 saturated heterocycles. The number of carbonyl (C=O) groups is 2. The molecule has 0 bridgehead atoms. The van der Waals surface area contributed by atoms with Gasteiger partial charge in [-0.3, -0.25) is 4.79 Å². The molecule has 1 unspecified atom stereocenters. The average molecular weight is 518 g/mol. The number of ether oxygens (including phenoxy) is 3. The maximum Gasteiger partial charge on any atom is 0.416 e. The Labute approximate surface area is 214 Å². The maximum atomic E-state index is 12.9. The molecule has 0 aromatic heterocycles. The van der Waals surface area contributed by atoms with Gasteiger partial charge in [-0.2, -0.15) is 13.2 Å². The van der Waals surface area contributed by atoms with Crippen LogP contribution in [0.15, 0.2) is 60.7 Å². The van der Waals surface area contributed by atoms with Crippen molar-refractivity contribution in [3.63, 3.8) is 0 Å². The lowest BCUT2D eigenvalue weighted by atomic mass is 9.94. The fraction of sp³-hybridized carbons (Fsp3) is 0.286. The van der Waals surface area contributed by atoms with Gasteiger partial charge in [0.15, 0.2) is 0 Å². The van der Waals surface area contributed by atoms with Gasteiger partial charge in [-0.15, -0.1) is 0 Å². The second-order valence-electron chi connectivity index (χ2n) is 8.15. The number of rotatable bonds is 8. The van der Waals surface area contributed by atoms with E-state index in [9.17, 15) is 22.8 Å². The Morgan fingerprint density at radius 1 is 0.946 bits per heavy atom. The predicted molar refractivity (Wildman–Crippen MR) is 135 cm³/mol. The van der Waals surface area contributed by atoms with Gasteiger partial charge in [0.1, 0.15) is 5.75 Å². The smallest absolute Gasteiger partial charge is 0.416 e. The Hall–Kier alpha value is -3.85. The van der Waals surface area contributed by atoms with E-state index in [4.69, 9.17) is 14.2 Å². The summed E-state index contributed by atoms with van der Waals surface area (Å²) in [6.45, 7) is 4.32. The lowest BCUT2D eigenvalue weighted by molar-refractivity contribution is -0.137. The van der Waals surface area contributed by atoms with Crippen LogP contribution in [0.25, 0.3) is 22.3 Å². The highest BCUT2D eigenvalue weighted by Gasteiger charge is 2.30. The molecule has 3 aromatic carbocycles. The SMILES string of the molecule is COC(=O)c1ccc(-c2ccc(OC)c(-c3ccc(C(F)(F)F)cc3)c2)c(C)c1.COCC(C)NC=O. The average Bonchev–Trinajstić information content (AvgIpc) is 2.88. The van der Waals surface area contributed by atoms with Gasteiger partial charge in [0.2, 0.25) is 6.41 Å². The standard InChI is InChI=1S/C23H19F3O3.C5H11NO2/c1-14-12-17(22(27)29-3)6-10-19(14)16-7-11-21(28-2)20(13-16)15-4-8-18(9-5-15)23(24,25)26;1-5(3-8-2)6-4-7/h4-13H,1-3H3;4-5H,3H2,1-2H3,(H,6,7). The molecule has 0 fully saturated rings. The molecule has 198 valence electrons. The van der Waals surface area contributed by atoms with E-state index in [2.05, 4.69) is 5.32 Å². The monoisotopic (exact) mass is 517 g/mol. The molecule has 1 N–H and O–H groups in total. The first-order valence-electron chi connectivity index (χ1n) is 11.3. The topological polar surface area (TPSA) is 73.9 Å². The zero-order valence-corrected chi connectivity index (χ0v) is 21.3. The maximum absolute atomic E-state index is 12.9. The number of benzene rings is 3. The predicted octanol–water partition coefficient (Wildman–Crippen LogP) is 5.91. The van der Waals surface area contributed by atoms with Crippen LogP contribution in [-0.4, -0.2) is 46.4 Å². The minimum absolute atomic E-state index is 0.123. The molecule has 37 heavy (non-hydrogen) atoms. The third-order valence-electron chi connectivity index (χ3n) is 5.45. The van der Waals surface area contributed by atoms with Crippen molar-refractivity contribution in [3.8, 4) is 28.0 Å². The Kier molecular flexibility index (Phi) is 10.7. The van der Waals surface area contributed by atoms with Gasteiger partial charge in [0, 0.05) is 18.7 Å². The van der Waals surface area contributed by atoms with Crippen LogP contribution in [0, 0.1) is 6.92 Å². The summed E-state index contributed by atoms with van der Waals surface area (Å²) >= 11 is 0. The first kappa shape index (κ1) is 29.4. The second kappa shape index (κ2) is 13.5. The van der Waals surface area contributed by atoms with E-state index in [1.54, 1.807) is 25.3 Å². The van der Waals surface area contributed by atoms with Crippen molar-refractivity contribution in [2.75, 3.05) is 27.9 Å². The van der Waals surface area contributed by atoms with E-state index < -0.39 is 17.7 Å². The summed E-state index contributed by atoms with van der Waals surface area (Å²) in [5, 5.41) is 2.54. The molecule has 9 heteroatoms. The minimum Gasteiger partial charge on any atom is -0.496 e. The van der Waals surface area contributed by atoms with E-state index in [1.165, 1.54) is 26.4 Å². The molecule has 0 saturated carbocycles. The molecule has 0 radical (unpaired) electrons. The van der Waals surface area contributed by atoms with Crippen LogP contribution in [0.5, 0.6) is 5.75 Å². The number of methoxy groups -OCH3 is 3. The number of hydrogen-bond donors (Lipinski definition) is 1. The fourth-order valence-electron chi connectivity index (χ4n) is 3.59. The van der Waals surface area contributed by atoms with E-state index in [-0.39, 0.29) is 6.04 Å². The Morgan fingerprint density at radius 2 is 1.59 bits per heavy atom. The Morgan fingerprint density at radius 3 is 2.11 bits per heavy atom. The zero-order chi connectivity index (χ0) is 27.6. The van der Waals surface area contributed by atoms with Gasteiger partial charge < -0.3 is 19.5 Å². The van der Waals surface area contributed by atoms with Crippen molar-refractivity contribution in [2.24, 2.45) is 0 Å². The summed E-state index contributed by atoms with van der Waals surface area (Å²) in [4.78, 5) is 21.4. The number of esters is 1. The molecule has 3 rings (SSSR count). The molecule has 0 spiro atoms. The van der Waals surface area contributed by atoms with Crippen LogP contribution in [-0.2, 0) is 20.4 Å². The number of halogens is 3. The molecule has 0 aliphatic rings. The number of hydrogen-bond acceptors (Lipinski definition) is 5. The molecule has 6 nitrogen and oxygen atoms in total. The lowest BCUT2D eigenvalue weighted by Crippen LogP contribution is -2.28. The summed E-state index contributed by atoms with van der Waals surface area (Å²) in [6, 6.07) is 15.8. The van der Waals surface area contributed by atoms with Gasteiger partial charge in [0.25, 0.3) is 0 Å². The van der Waals surface area contributed by atoms with E-state index in [1.807, 2.05) is 32.0 Å². The van der Waals surface area contributed by atoms with Crippen molar-refractivity contribution in [1.82, 2.24) is 5.32 Å². The number of amides is 1. The molecule has 0 aliphatic heterocycles. The van der Waals surface area contributed by atoms with Gasteiger partial charge in [0.05, 0.1) is 32.0 Å². The highest BCUT2D eigenvalue weighted by Crippen LogP contribution is 2.37. The highest BCUT2D eigenvalue weighted by atomic mass is 19.4. The van der Waals surface area contributed by atoms with Crippen LogP contribution in [0.1, 0.15) is 28.4 Å². The van der Waals surface area contributed by atoms with Crippen LogP contribution in [0.4, 0.5) is 13.2 Å². The van der Waals surface area contributed by atoms with E-state index >= 15 is 0 Å². The molecular weight excluding hydrogens is 487 g/mol. The van der Waals surface area contributed by atoms with Crippen molar-refractivity contribution in [3.05, 3.63) is 77.4 Å².